The number of imidazole rings is 1. The van der Waals surface area contributed by atoms with Gasteiger partial charge in [-0.3, -0.25) is 0 Å². The summed E-state index contributed by atoms with van der Waals surface area (Å²) in [5.74, 6) is -0.0814. The Kier molecular flexibility index (Phi) is 8.00. The molecule has 29 heavy (non-hydrogen) atoms. The summed E-state index contributed by atoms with van der Waals surface area (Å²) < 4.78 is 12.7. The molecule has 1 aromatic heterocycles. The minimum absolute atomic E-state index is 0.147. The van der Waals surface area contributed by atoms with E-state index in [0.717, 1.165) is 37.0 Å². The first kappa shape index (κ1) is 21.7. The summed E-state index contributed by atoms with van der Waals surface area (Å²) in [6.45, 7) is 6.48. The molecule has 1 fully saturated rings. The van der Waals surface area contributed by atoms with Crippen molar-refractivity contribution >= 4 is 17.0 Å². The maximum absolute atomic E-state index is 11.1. The third-order valence-electron chi connectivity index (χ3n) is 5.47. The van der Waals surface area contributed by atoms with Gasteiger partial charge in [0, 0.05) is 19.7 Å². The van der Waals surface area contributed by atoms with E-state index in [1.165, 1.54) is 0 Å². The SMILES string of the molecule is CCOCCn1c(C(O)C2CCN(CCOCC(=O)O)CC2)nc2ccccc21. The molecule has 0 aliphatic carbocycles. The van der Waals surface area contributed by atoms with E-state index in [2.05, 4.69) is 9.47 Å². The van der Waals surface area contributed by atoms with Crippen LogP contribution in [0.25, 0.3) is 11.0 Å². The van der Waals surface area contributed by atoms with Crippen molar-refractivity contribution in [1.29, 1.82) is 0 Å². The van der Waals surface area contributed by atoms with Gasteiger partial charge in [-0.25, -0.2) is 9.78 Å². The number of para-hydroxylation sites is 2. The summed E-state index contributed by atoms with van der Waals surface area (Å²) in [7, 11) is 0. The van der Waals surface area contributed by atoms with Gasteiger partial charge in [-0.1, -0.05) is 12.1 Å². The third kappa shape index (κ3) is 5.76. The standard InChI is InChI=1S/C21H31N3O5/c1-2-28-14-12-24-18-6-4-3-5-17(18)22-21(24)20(27)16-7-9-23(10-8-16)11-13-29-15-19(25)26/h3-6,16,20,27H,2,7-15H2,1H3,(H,25,26). The highest BCUT2D eigenvalue weighted by Gasteiger charge is 2.29. The first-order chi connectivity index (χ1) is 14.1. The van der Waals surface area contributed by atoms with Crippen LogP contribution in [0.1, 0.15) is 31.7 Å². The fourth-order valence-corrected chi connectivity index (χ4v) is 3.91. The zero-order valence-corrected chi connectivity index (χ0v) is 17.0. The molecule has 160 valence electrons. The van der Waals surface area contributed by atoms with E-state index < -0.39 is 12.1 Å². The molecule has 0 spiro atoms. The Morgan fingerprint density at radius 1 is 1.21 bits per heavy atom. The summed E-state index contributed by atoms with van der Waals surface area (Å²) in [4.78, 5) is 17.5. The maximum atomic E-state index is 11.1. The van der Waals surface area contributed by atoms with Crippen molar-refractivity contribution in [2.24, 2.45) is 5.92 Å². The van der Waals surface area contributed by atoms with Crippen molar-refractivity contribution in [1.82, 2.24) is 14.5 Å². The molecule has 2 aromatic rings. The Morgan fingerprint density at radius 2 is 1.93 bits per heavy atom. The molecule has 1 aromatic carbocycles. The smallest absolute Gasteiger partial charge is 0.329 e. The van der Waals surface area contributed by atoms with Crippen LogP contribution >= 0.6 is 0 Å². The van der Waals surface area contributed by atoms with Crippen molar-refractivity contribution in [3.05, 3.63) is 30.1 Å². The van der Waals surface area contributed by atoms with E-state index in [-0.39, 0.29) is 12.5 Å². The Bertz CT molecular complexity index is 786. The van der Waals surface area contributed by atoms with Crippen LogP contribution < -0.4 is 0 Å². The number of aromatic nitrogens is 2. The van der Waals surface area contributed by atoms with Crippen LogP contribution in [0, 0.1) is 5.92 Å². The molecular formula is C21H31N3O5. The summed E-state index contributed by atoms with van der Waals surface area (Å²) in [6.07, 6.45) is 1.12. The van der Waals surface area contributed by atoms with Gasteiger partial charge in [0.05, 0.1) is 24.2 Å². The van der Waals surface area contributed by atoms with E-state index >= 15 is 0 Å². The molecule has 3 rings (SSSR count). The highest BCUT2D eigenvalue weighted by atomic mass is 16.5. The highest BCUT2D eigenvalue weighted by Crippen LogP contribution is 2.32. The second-order valence-corrected chi connectivity index (χ2v) is 7.38. The van der Waals surface area contributed by atoms with Crippen molar-refractivity contribution in [3.8, 4) is 0 Å². The molecule has 1 aliphatic heterocycles. The largest absolute Gasteiger partial charge is 0.480 e. The fourth-order valence-electron chi connectivity index (χ4n) is 3.91. The van der Waals surface area contributed by atoms with Gasteiger partial charge in [0.2, 0.25) is 0 Å². The second kappa shape index (κ2) is 10.7. The van der Waals surface area contributed by atoms with Crippen molar-refractivity contribution in [2.75, 3.05) is 46.1 Å². The van der Waals surface area contributed by atoms with Crippen LogP contribution in [0.2, 0.25) is 0 Å². The third-order valence-corrected chi connectivity index (χ3v) is 5.47. The number of hydrogen-bond acceptors (Lipinski definition) is 6. The molecule has 2 heterocycles. The molecule has 0 amide bonds. The summed E-state index contributed by atoms with van der Waals surface area (Å²) in [5.41, 5.74) is 1.92. The molecule has 1 aliphatic rings. The number of carbonyl (C=O) groups is 1. The van der Waals surface area contributed by atoms with E-state index in [9.17, 15) is 9.90 Å². The number of aliphatic hydroxyl groups excluding tert-OH is 1. The van der Waals surface area contributed by atoms with E-state index in [1.807, 2.05) is 31.2 Å². The number of carboxylic acid groups (broad SMARTS) is 1. The lowest BCUT2D eigenvalue weighted by Crippen LogP contribution is -2.38. The van der Waals surface area contributed by atoms with Crippen molar-refractivity contribution < 1.29 is 24.5 Å². The number of nitrogens with zero attached hydrogens (tertiary/aromatic N) is 3. The molecule has 1 atom stereocenters. The molecule has 2 N–H and O–H groups in total. The van der Waals surface area contributed by atoms with Gasteiger partial charge in [0.1, 0.15) is 18.5 Å². The van der Waals surface area contributed by atoms with Crippen LogP contribution in [-0.4, -0.2) is 76.7 Å². The number of rotatable bonds is 11. The number of likely N-dealkylation sites (tertiary alicyclic amines) is 1. The molecule has 0 bridgehead atoms. The Morgan fingerprint density at radius 3 is 2.66 bits per heavy atom. The molecule has 8 nitrogen and oxygen atoms in total. The monoisotopic (exact) mass is 405 g/mol. The topological polar surface area (TPSA) is 97.0 Å². The van der Waals surface area contributed by atoms with Crippen molar-refractivity contribution in [2.45, 2.75) is 32.4 Å². The van der Waals surface area contributed by atoms with E-state index in [1.54, 1.807) is 0 Å². The van der Waals surface area contributed by atoms with Gasteiger partial charge in [-0.2, -0.15) is 0 Å². The number of benzene rings is 1. The Hall–Kier alpha value is -2.00. The fraction of sp³-hybridized carbons (Fsp3) is 0.619. The number of carboxylic acids is 1. The molecular weight excluding hydrogens is 374 g/mol. The van der Waals surface area contributed by atoms with Crippen LogP contribution in [0.15, 0.2) is 24.3 Å². The van der Waals surface area contributed by atoms with Crippen LogP contribution in [-0.2, 0) is 20.8 Å². The lowest BCUT2D eigenvalue weighted by molar-refractivity contribution is -0.142. The highest BCUT2D eigenvalue weighted by molar-refractivity contribution is 5.76. The van der Waals surface area contributed by atoms with Crippen LogP contribution in [0.5, 0.6) is 0 Å². The predicted molar refractivity (Wildman–Crippen MR) is 109 cm³/mol. The van der Waals surface area contributed by atoms with E-state index in [4.69, 9.17) is 19.6 Å². The summed E-state index contributed by atoms with van der Waals surface area (Å²) >= 11 is 0. The summed E-state index contributed by atoms with van der Waals surface area (Å²) in [6, 6.07) is 7.96. The van der Waals surface area contributed by atoms with Gasteiger partial charge in [-0.15, -0.1) is 0 Å². The van der Waals surface area contributed by atoms with Gasteiger partial charge >= 0.3 is 5.97 Å². The maximum Gasteiger partial charge on any atom is 0.329 e. The van der Waals surface area contributed by atoms with Gasteiger partial charge < -0.3 is 29.2 Å². The molecule has 0 radical (unpaired) electrons. The normalized spacial score (nSPS) is 17.0. The average molecular weight is 405 g/mol. The number of piperidine rings is 1. The van der Waals surface area contributed by atoms with Gasteiger partial charge in [0.15, 0.2) is 0 Å². The number of fused-ring (bicyclic) bond motifs is 1. The quantitative estimate of drug-likeness (QED) is 0.551. The Labute approximate surface area is 171 Å². The molecule has 0 saturated carbocycles. The lowest BCUT2D eigenvalue weighted by Gasteiger charge is -2.34. The number of ether oxygens (including phenoxy) is 2. The molecule has 1 unspecified atom stereocenters. The minimum atomic E-state index is -0.945. The van der Waals surface area contributed by atoms with Crippen LogP contribution in [0.3, 0.4) is 0 Å². The zero-order valence-electron chi connectivity index (χ0n) is 17.0. The molecule has 1 saturated heterocycles. The van der Waals surface area contributed by atoms with Crippen LogP contribution in [0.4, 0.5) is 0 Å². The first-order valence-corrected chi connectivity index (χ1v) is 10.3. The average Bonchev–Trinajstić information content (AvgIpc) is 3.10. The lowest BCUT2D eigenvalue weighted by atomic mass is 9.90. The predicted octanol–water partition coefficient (Wildman–Crippen LogP) is 1.92. The van der Waals surface area contributed by atoms with Gasteiger partial charge in [0.25, 0.3) is 0 Å². The first-order valence-electron chi connectivity index (χ1n) is 10.3. The summed E-state index contributed by atoms with van der Waals surface area (Å²) in [5, 5.41) is 19.7. The second-order valence-electron chi connectivity index (χ2n) is 7.38. The van der Waals surface area contributed by atoms with Gasteiger partial charge in [-0.05, 0) is 50.9 Å². The van der Waals surface area contributed by atoms with Crippen molar-refractivity contribution in [3.63, 3.8) is 0 Å². The zero-order chi connectivity index (χ0) is 20.6. The molecule has 8 heteroatoms. The Balaban J connectivity index is 1.60. The number of hydrogen-bond donors (Lipinski definition) is 2. The number of aliphatic carboxylic acids is 1. The van der Waals surface area contributed by atoms with E-state index in [0.29, 0.717) is 38.7 Å². The number of aliphatic hydroxyl groups is 1. The minimum Gasteiger partial charge on any atom is -0.480 e.